The van der Waals surface area contributed by atoms with Gasteiger partial charge in [-0.1, -0.05) is 42.5 Å². The van der Waals surface area contributed by atoms with Gasteiger partial charge in [-0.15, -0.1) is 11.3 Å². The molecule has 1 amide bonds. The third-order valence-corrected chi connectivity index (χ3v) is 5.43. The van der Waals surface area contributed by atoms with Crippen molar-refractivity contribution >= 4 is 27.5 Å². The van der Waals surface area contributed by atoms with Gasteiger partial charge in [0.05, 0.1) is 10.2 Å². The molecule has 0 aliphatic heterocycles. The Bertz CT molecular complexity index is 1080. The largest absolute Gasteiger partial charge is 0.336 e. The number of nitrogens with zero attached hydrogens (tertiary/aromatic N) is 2. The molecule has 4 rings (SSSR count). The lowest BCUT2D eigenvalue weighted by Crippen LogP contribution is -2.28. The normalized spacial score (nSPS) is 11.0. The number of rotatable bonds is 5. The lowest BCUT2D eigenvalue weighted by Gasteiger charge is -2.19. The van der Waals surface area contributed by atoms with E-state index in [1.165, 1.54) is 12.1 Å². The van der Waals surface area contributed by atoms with Crippen LogP contribution in [0.25, 0.3) is 10.2 Å². The SMILES string of the molecule is CN(Cc1ccccc1)C(=O)c1cc2sccc2n1Cc1cccc(F)c1. The molecule has 0 fully saturated rings. The average Bonchev–Trinajstić information content (AvgIpc) is 3.25. The Hall–Kier alpha value is -2.92. The number of halogens is 1. The first-order valence-electron chi connectivity index (χ1n) is 8.72. The van der Waals surface area contributed by atoms with Crippen LogP contribution in [0, 0.1) is 5.82 Å². The van der Waals surface area contributed by atoms with E-state index in [0.29, 0.717) is 18.8 Å². The van der Waals surface area contributed by atoms with E-state index in [1.54, 1.807) is 22.3 Å². The summed E-state index contributed by atoms with van der Waals surface area (Å²) in [5, 5.41) is 2.01. The molecule has 0 aliphatic carbocycles. The van der Waals surface area contributed by atoms with Crippen LogP contribution in [0.4, 0.5) is 4.39 Å². The molecule has 0 N–H and O–H groups in total. The molecule has 136 valence electrons. The molecule has 0 radical (unpaired) electrons. The molecule has 4 aromatic rings. The second kappa shape index (κ2) is 7.37. The highest BCUT2D eigenvalue weighted by Gasteiger charge is 2.20. The van der Waals surface area contributed by atoms with E-state index in [0.717, 1.165) is 21.3 Å². The molecule has 2 aromatic heterocycles. The molecule has 27 heavy (non-hydrogen) atoms. The van der Waals surface area contributed by atoms with Gasteiger partial charge in [-0.25, -0.2) is 4.39 Å². The summed E-state index contributed by atoms with van der Waals surface area (Å²) in [5.74, 6) is -0.311. The number of hydrogen-bond acceptors (Lipinski definition) is 2. The van der Waals surface area contributed by atoms with Crippen molar-refractivity contribution in [3.63, 3.8) is 0 Å². The van der Waals surface area contributed by atoms with Gasteiger partial charge in [0.25, 0.3) is 5.91 Å². The Morgan fingerprint density at radius 2 is 1.81 bits per heavy atom. The van der Waals surface area contributed by atoms with Crippen LogP contribution in [0.15, 0.2) is 72.1 Å². The summed E-state index contributed by atoms with van der Waals surface area (Å²) < 4.78 is 16.6. The Morgan fingerprint density at radius 1 is 1.04 bits per heavy atom. The Balaban J connectivity index is 1.66. The maximum atomic E-state index is 13.6. The maximum Gasteiger partial charge on any atom is 0.270 e. The smallest absolute Gasteiger partial charge is 0.270 e. The molecule has 0 aliphatic rings. The van der Waals surface area contributed by atoms with E-state index in [1.807, 2.05) is 65.5 Å². The van der Waals surface area contributed by atoms with Crippen LogP contribution in [0.5, 0.6) is 0 Å². The molecule has 0 unspecified atom stereocenters. The topological polar surface area (TPSA) is 25.2 Å². The quantitative estimate of drug-likeness (QED) is 0.471. The van der Waals surface area contributed by atoms with E-state index >= 15 is 0 Å². The number of amides is 1. The van der Waals surface area contributed by atoms with Crippen molar-refractivity contribution in [3.8, 4) is 0 Å². The van der Waals surface area contributed by atoms with Crippen molar-refractivity contribution in [3.05, 3.63) is 94.7 Å². The van der Waals surface area contributed by atoms with Crippen molar-refractivity contribution in [2.24, 2.45) is 0 Å². The van der Waals surface area contributed by atoms with Crippen molar-refractivity contribution in [1.29, 1.82) is 0 Å². The lowest BCUT2D eigenvalue weighted by atomic mass is 10.2. The number of thiophene rings is 1. The number of carbonyl (C=O) groups excluding carboxylic acids is 1. The van der Waals surface area contributed by atoms with Gasteiger partial charge in [-0.2, -0.15) is 0 Å². The van der Waals surface area contributed by atoms with E-state index < -0.39 is 0 Å². The third kappa shape index (κ3) is 3.64. The van der Waals surface area contributed by atoms with E-state index in [9.17, 15) is 9.18 Å². The van der Waals surface area contributed by atoms with E-state index in [4.69, 9.17) is 0 Å². The molecule has 0 atom stereocenters. The van der Waals surface area contributed by atoms with Crippen LogP contribution >= 0.6 is 11.3 Å². The predicted octanol–water partition coefficient (Wildman–Crippen LogP) is 5.16. The summed E-state index contributed by atoms with van der Waals surface area (Å²) in [6.45, 7) is 0.997. The molecule has 0 saturated carbocycles. The average molecular weight is 378 g/mol. The van der Waals surface area contributed by atoms with Crippen molar-refractivity contribution in [2.45, 2.75) is 13.1 Å². The summed E-state index contributed by atoms with van der Waals surface area (Å²) >= 11 is 1.60. The minimum absolute atomic E-state index is 0.0429. The lowest BCUT2D eigenvalue weighted by molar-refractivity contribution is 0.0775. The minimum Gasteiger partial charge on any atom is -0.336 e. The van der Waals surface area contributed by atoms with Crippen LogP contribution in [0.1, 0.15) is 21.6 Å². The zero-order valence-corrected chi connectivity index (χ0v) is 15.7. The molecule has 0 spiro atoms. The van der Waals surface area contributed by atoms with Gasteiger partial charge < -0.3 is 9.47 Å². The fraction of sp³-hybridized carbons (Fsp3) is 0.136. The minimum atomic E-state index is -0.268. The van der Waals surface area contributed by atoms with Crippen molar-refractivity contribution in [2.75, 3.05) is 7.05 Å². The fourth-order valence-electron chi connectivity index (χ4n) is 3.27. The summed E-state index contributed by atoms with van der Waals surface area (Å²) in [4.78, 5) is 14.8. The zero-order chi connectivity index (χ0) is 18.8. The van der Waals surface area contributed by atoms with Crippen LogP contribution in [0.2, 0.25) is 0 Å². The standard InChI is InChI=1S/C22H19FN2OS/c1-24(14-16-6-3-2-4-7-16)22(26)20-13-21-19(10-11-27-21)25(20)15-17-8-5-9-18(23)12-17/h2-13H,14-15H2,1H3. The predicted molar refractivity (Wildman–Crippen MR) is 108 cm³/mol. The van der Waals surface area contributed by atoms with Crippen LogP contribution < -0.4 is 0 Å². The van der Waals surface area contributed by atoms with Gasteiger partial charge in [0, 0.05) is 20.1 Å². The van der Waals surface area contributed by atoms with Crippen molar-refractivity contribution < 1.29 is 9.18 Å². The highest BCUT2D eigenvalue weighted by atomic mass is 32.1. The van der Waals surface area contributed by atoms with Gasteiger partial charge in [-0.05, 0) is 40.8 Å². The first kappa shape index (κ1) is 17.5. The highest BCUT2D eigenvalue weighted by Crippen LogP contribution is 2.27. The second-order valence-electron chi connectivity index (χ2n) is 6.56. The Morgan fingerprint density at radius 3 is 2.59 bits per heavy atom. The second-order valence-corrected chi connectivity index (χ2v) is 7.51. The van der Waals surface area contributed by atoms with Gasteiger partial charge >= 0.3 is 0 Å². The Labute approximate surface area is 161 Å². The molecule has 0 saturated heterocycles. The monoisotopic (exact) mass is 378 g/mol. The number of aromatic nitrogens is 1. The van der Waals surface area contributed by atoms with E-state index in [2.05, 4.69) is 0 Å². The molecular weight excluding hydrogens is 359 g/mol. The van der Waals surface area contributed by atoms with Crippen LogP contribution in [0.3, 0.4) is 0 Å². The van der Waals surface area contributed by atoms with Crippen LogP contribution in [-0.4, -0.2) is 22.4 Å². The van der Waals surface area contributed by atoms with Crippen LogP contribution in [-0.2, 0) is 13.1 Å². The maximum absolute atomic E-state index is 13.6. The number of benzene rings is 2. The number of fused-ring (bicyclic) bond motifs is 1. The number of hydrogen-bond donors (Lipinski definition) is 0. The fourth-order valence-corrected chi connectivity index (χ4v) is 4.09. The number of carbonyl (C=O) groups is 1. The zero-order valence-electron chi connectivity index (χ0n) is 14.9. The summed E-state index contributed by atoms with van der Waals surface area (Å²) in [6.07, 6.45) is 0. The first-order chi connectivity index (χ1) is 13.1. The summed E-state index contributed by atoms with van der Waals surface area (Å²) in [5.41, 5.74) is 3.54. The Kier molecular flexibility index (Phi) is 4.77. The summed E-state index contributed by atoms with van der Waals surface area (Å²) in [7, 11) is 1.81. The molecule has 5 heteroatoms. The third-order valence-electron chi connectivity index (χ3n) is 4.58. The van der Waals surface area contributed by atoms with Gasteiger partial charge in [0.2, 0.25) is 0 Å². The molecule has 3 nitrogen and oxygen atoms in total. The molecule has 2 heterocycles. The molecule has 0 bridgehead atoms. The van der Waals surface area contributed by atoms with Gasteiger partial charge in [0.15, 0.2) is 0 Å². The molecule has 2 aromatic carbocycles. The van der Waals surface area contributed by atoms with Crippen molar-refractivity contribution in [1.82, 2.24) is 9.47 Å². The highest BCUT2D eigenvalue weighted by molar-refractivity contribution is 7.17. The van der Waals surface area contributed by atoms with Gasteiger partial charge in [-0.3, -0.25) is 4.79 Å². The first-order valence-corrected chi connectivity index (χ1v) is 9.60. The summed E-state index contributed by atoms with van der Waals surface area (Å²) in [6, 6.07) is 20.4. The molecular formula is C22H19FN2OS. The van der Waals surface area contributed by atoms with Gasteiger partial charge in [0.1, 0.15) is 11.5 Å². The van der Waals surface area contributed by atoms with E-state index in [-0.39, 0.29) is 11.7 Å².